The van der Waals surface area contributed by atoms with Crippen LogP contribution in [-0.2, 0) is 17.6 Å². The fraction of sp³-hybridized carbons (Fsp3) is 0.444. The first-order chi connectivity index (χ1) is 12.3. The molecule has 0 aliphatic heterocycles. The van der Waals surface area contributed by atoms with Crippen LogP contribution < -0.4 is 5.32 Å². The van der Waals surface area contributed by atoms with E-state index in [0.29, 0.717) is 17.9 Å². The normalized spacial score (nSPS) is 12.3. The minimum atomic E-state index is -0.639. The molecule has 0 saturated carbocycles. The Balaban J connectivity index is 2.19. The number of amides is 1. The summed E-state index contributed by atoms with van der Waals surface area (Å²) in [4.78, 5) is 12.2. The van der Waals surface area contributed by atoms with Gasteiger partial charge in [-0.2, -0.15) is 5.26 Å². The SMILES string of the molecule is CC(C)(C)OC(=O)N[C@@H](Cc1ccc(C#N)cc1)c1nnc(CCO)o1. The van der Waals surface area contributed by atoms with E-state index in [-0.39, 0.29) is 18.9 Å². The number of rotatable bonds is 6. The Hall–Kier alpha value is -2.92. The van der Waals surface area contributed by atoms with Gasteiger partial charge in [0.15, 0.2) is 0 Å². The first-order valence-electron chi connectivity index (χ1n) is 8.22. The van der Waals surface area contributed by atoms with Crippen molar-refractivity contribution in [2.45, 2.75) is 45.3 Å². The summed E-state index contributed by atoms with van der Waals surface area (Å²) in [5.74, 6) is 0.516. The number of carbonyl (C=O) groups is 1. The van der Waals surface area contributed by atoms with Gasteiger partial charge in [0.1, 0.15) is 11.6 Å². The lowest BCUT2D eigenvalue weighted by molar-refractivity contribution is 0.0495. The van der Waals surface area contributed by atoms with Gasteiger partial charge in [-0.1, -0.05) is 12.1 Å². The minimum Gasteiger partial charge on any atom is -0.444 e. The average Bonchev–Trinajstić information content (AvgIpc) is 3.02. The molecule has 2 N–H and O–H groups in total. The van der Waals surface area contributed by atoms with Crippen LogP contribution in [0.3, 0.4) is 0 Å². The van der Waals surface area contributed by atoms with E-state index in [9.17, 15) is 4.79 Å². The maximum atomic E-state index is 12.2. The van der Waals surface area contributed by atoms with Crippen molar-refractivity contribution in [2.24, 2.45) is 0 Å². The molecular weight excluding hydrogens is 336 g/mol. The monoisotopic (exact) mass is 358 g/mol. The summed E-state index contributed by atoms with van der Waals surface area (Å²) in [6.07, 6.45) is 0.0208. The number of benzene rings is 1. The number of nitrogens with zero attached hydrogens (tertiary/aromatic N) is 3. The number of nitrogens with one attached hydrogen (secondary N) is 1. The number of aliphatic hydroxyl groups is 1. The number of aliphatic hydroxyl groups excluding tert-OH is 1. The molecule has 0 bridgehead atoms. The van der Waals surface area contributed by atoms with Gasteiger partial charge in [-0.15, -0.1) is 10.2 Å². The maximum absolute atomic E-state index is 12.2. The van der Waals surface area contributed by atoms with E-state index < -0.39 is 17.7 Å². The van der Waals surface area contributed by atoms with Crippen molar-refractivity contribution in [3.8, 4) is 6.07 Å². The topological polar surface area (TPSA) is 121 Å². The highest BCUT2D eigenvalue weighted by atomic mass is 16.6. The van der Waals surface area contributed by atoms with Gasteiger partial charge < -0.3 is 19.6 Å². The fourth-order valence-electron chi connectivity index (χ4n) is 2.21. The standard InChI is InChI=1S/C18H22N4O4/c1-18(2,3)26-17(24)20-14(16-22-21-15(25-16)8-9-23)10-12-4-6-13(11-19)7-5-12/h4-7,14,23H,8-10H2,1-3H3,(H,20,24)/t14-/m0/s1. The molecule has 0 unspecified atom stereocenters. The molecule has 138 valence electrons. The smallest absolute Gasteiger partial charge is 0.408 e. The molecule has 0 fully saturated rings. The number of aromatic nitrogens is 2. The Kier molecular flexibility index (Phi) is 6.31. The van der Waals surface area contributed by atoms with Crippen LogP contribution in [0.5, 0.6) is 0 Å². The third-order valence-corrected chi connectivity index (χ3v) is 3.32. The van der Waals surface area contributed by atoms with Crippen LogP contribution in [0, 0.1) is 11.3 Å². The second kappa shape index (κ2) is 8.45. The van der Waals surface area contributed by atoms with E-state index in [0.717, 1.165) is 5.56 Å². The Morgan fingerprint density at radius 1 is 1.35 bits per heavy atom. The lowest BCUT2D eigenvalue weighted by atomic mass is 10.0. The number of alkyl carbamates (subject to hydrolysis) is 1. The molecule has 26 heavy (non-hydrogen) atoms. The quantitative estimate of drug-likeness (QED) is 0.812. The summed E-state index contributed by atoms with van der Waals surface area (Å²) >= 11 is 0. The number of hydrogen-bond donors (Lipinski definition) is 2. The Bertz CT molecular complexity index is 772. The van der Waals surface area contributed by atoms with E-state index in [1.807, 2.05) is 0 Å². The molecule has 2 rings (SSSR count). The second-order valence-corrected chi connectivity index (χ2v) is 6.72. The van der Waals surface area contributed by atoms with E-state index in [2.05, 4.69) is 21.6 Å². The summed E-state index contributed by atoms with van der Waals surface area (Å²) in [5.41, 5.74) is 0.792. The zero-order chi connectivity index (χ0) is 19.2. The van der Waals surface area contributed by atoms with Gasteiger partial charge in [0, 0.05) is 12.8 Å². The van der Waals surface area contributed by atoms with Crippen molar-refractivity contribution in [1.82, 2.24) is 15.5 Å². The Labute approximate surface area is 151 Å². The van der Waals surface area contributed by atoms with Crippen LogP contribution in [0.25, 0.3) is 0 Å². The minimum absolute atomic E-state index is 0.110. The first-order valence-corrected chi connectivity index (χ1v) is 8.22. The number of carbonyl (C=O) groups excluding carboxylic acids is 1. The molecule has 1 aromatic carbocycles. The van der Waals surface area contributed by atoms with Crippen LogP contribution in [0.15, 0.2) is 28.7 Å². The zero-order valence-corrected chi connectivity index (χ0v) is 15.0. The van der Waals surface area contributed by atoms with E-state index >= 15 is 0 Å². The van der Waals surface area contributed by atoms with Crippen LogP contribution >= 0.6 is 0 Å². The molecule has 8 nitrogen and oxygen atoms in total. The van der Waals surface area contributed by atoms with Crippen LogP contribution in [0.4, 0.5) is 4.79 Å². The summed E-state index contributed by atoms with van der Waals surface area (Å²) in [6.45, 7) is 5.21. The van der Waals surface area contributed by atoms with Crippen molar-refractivity contribution in [1.29, 1.82) is 5.26 Å². The molecular formula is C18H22N4O4. The van der Waals surface area contributed by atoms with Gasteiger partial charge in [0.05, 0.1) is 18.2 Å². The van der Waals surface area contributed by atoms with Gasteiger partial charge in [-0.3, -0.25) is 0 Å². The molecule has 1 atom stereocenters. The Morgan fingerprint density at radius 2 is 2.04 bits per heavy atom. The molecule has 2 aromatic rings. The summed E-state index contributed by atoms with van der Waals surface area (Å²) in [6, 6.07) is 8.46. The number of ether oxygens (including phenoxy) is 1. The van der Waals surface area contributed by atoms with Crippen LogP contribution in [0.1, 0.15) is 49.7 Å². The zero-order valence-electron chi connectivity index (χ0n) is 15.0. The van der Waals surface area contributed by atoms with Crippen LogP contribution in [0.2, 0.25) is 0 Å². The largest absolute Gasteiger partial charge is 0.444 e. The highest BCUT2D eigenvalue weighted by molar-refractivity contribution is 5.68. The molecule has 1 amide bonds. The lowest BCUT2D eigenvalue weighted by Gasteiger charge is -2.22. The van der Waals surface area contributed by atoms with Gasteiger partial charge in [-0.05, 0) is 38.5 Å². The van der Waals surface area contributed by atoms with E-state index in [4.69, 9.17) is 19.5 Å². The predicted molar refractivity (Wildman–Crippen MR) is 92.1 cm³/mol. The lowest BCUT2D eigenvalue weighted by Crippen LogP contribution is -2.36. The summed E-state index contributed by atoms with van der Waals surface area (Å²) in [5, 5.41) is 28.4. The predicted octanol–water partition coefficient (Wildman–Crippen LogP) is 2.28. The summed E-state index contributed by atoms with van der Waals surface area (Å²) in [7, 11) is 0. The molecule has 1 aromatic heterocycles. The van der Waals surface area contributed by atoms with Gasteiger partial charge in [0.25, 0.3) is 0 Å². The third kappa shape index (κ3) is 5.86. The van der Waals surface area contributed by atoms with Crippen molar-refractivity contribution in [3.05, 3.63) is 47.2 Å². The molecule has 0 aliphatic rings. The van der Waals surface area contributed by atoms with Crippen molar-refractivity contribution in [2.75, 3.05) is 6.61 Å². The molecule has 1 heterocycles. The number of hydrogen-bond acceptors (Lipinski definition) is 7. The average molecular weight is 358 g/mol. The maximum Gasteiger partial charge on any atom is 0.408 e. The molecule has 8 heteroatoms. The molecule has 0 aliphatic carbocycles. The van der Waals surface area contributed by atoms with Gasteiger partial charge in [-0.25, -0.2) is 4.79 Å². The van der Waals surface area contributed by atoms with Crippen molar-refractivity contribution < 1.29 is 19.1 Å². The highest BCUT2D eigenvalue weighted by Crippen LogP contribution is 2.19. The molecule has 0 saturated heterocycles. The van der Waals surface area contributed by atoms with E-state index in [1.165, 1.54) is 0 Å². The summed E-state index contributed by atoms with van der Waals surface area (Å²) < 4.78 is 10.8. The Morgan fingerprint density at radius 3 is 2.62 bits per heavy atom. The first kappa shape index (κ1) is 19.4. The molecule has 0 radical (unpaired) electrons. The highest BCUT2D eigenvalue weighted by Gasteiger charge is 2.24. The van der Waals surface area contributed by atoms with Crippen molar-refractivity contribution >= 4 is 6.09 Å². The third-order valence-electron chi connectivity index (χ3n) is 3.32. The van der Waals surface area contributed by atoms with E-state index in [1.54, 1.807) is 45.0 Å². The fourth-order valence-corrected chi connectivity index (χ4v) is 2.21. The second-order valence-electron chi connectivity index (χ2n) is 6.72. The van der Waals surface area contributed by atoms with Crippen molar-refractivity contribution in [3.63, 3.8) is 0 Å². The molecule has 0 spiro atoms. The number of nitriles is 1. The van der Waals surface area contributed by atoms with Crippen LogP contribution in [-0.4, -0.2) is 33.6 Å². The van der Waals surface area contributed by atoms with Gasteiger partial charge in [0.2, 0.25) is 11.8 Å². The van der Waals surface area contributed by atoms with Gasteiger partial charge >= 0.3 is 6.09 Å².